The average molecular weight is 238 g/mol. The molecular weight excluding hydrogens is 224 g/mol. The summed E-state index contributed by atoms with van der Waals surface area (Å²) in [5, 5.41) is 1.76. The monoisotopic (exact) mass is 238 g/mol. The first-order valence-corrected chi connectivity index (χ1v) is 5.93. The first-order valence-electron chi connectivity index (χ1n) is 5.93. The Morgan fingerprint density at radius 3 is 2.61 bits per heavy atom. The standard InChI is InChI=1S/C15H14N2O/c1-15(2,16)10-7-8-12-13(14(10)18)9-5-3-4-6-11(9)17-12/h3-8H,16H2,1-2H3. The summed E-state index contributed by atoms with van der Waals surface area (Å²) in [6.45, 7) is 3.68. The molecule has 0 bridgehead atoms. The van der Waals surface area contributed by atoms with E-state index in [-0.39, 0.29) is 5.78 Å². The summed E-state index contributed by atoms with van der Waals surface area (Å²) in [5.74, 6) is -0.00583. The lowest BCUT2D eigenvalue weighted by molar-refractivity contribution is -0.111. The van der Waals surface area contributed by atoms with E-state index in [0.29, 0.717) is 11.1 Å². The summed E-state index contributed by atoms with van der Waals surface area (Å²) in [6.07, 6.45) is 3.66. The van der Waals surface area contributed by atoms with Crippen LogP contribution in [0.5, 0.6) is 0 Å². The molecule has 90 valence electrons. The van der Waals surface area contributed by atoms with Crippen molar-refractivity contribution in [3.8, 4) is 0 Å². The zero-order valence-electron chi connectivity index (χ0n) is 10.4. The molecule has 18 heavy (non-hydrogen) atoms. The van der Waals surface area contributed by atoms with Gasteiger partial charge in [-0.2, -0.15) is 0 Å². The largest absolute Gasteiger partial charge is 0.322 e. The highest BCUT2D eigenvalue weighted by atomic mass is 16.1. The molecule has 1 aromatic rings. The van der Waals surface area contributed by atoms with Gasteiger partial charge in [-0.25, -0.2) is 4.99 Å². The fourth-order valence-electron chi connectivity index (χ4n) is 2.35. The number of rotatable bonds is 1. The molecule has 0 saturated carbocycles. The quantitative estimate of drug-likeness (QED) is 0.779. The van der Waals surface area contributed by atoms with E-state index < -0.39 is 5.54 Å². The fourth-order valence-corrected chi connectivity index (χ4v) is 2.35. The normalized spacial score (nSPS) is 17.7. The van der Waals surface area contributed by atoms with Crippen LogP contribution < -0.4 is 16.3 Å². The minimum atomic E-state index is -0.635. The third-order valence-electron chi connectivity index (χ3n) is 3.24. The van der Waals surface area contributed by atoms with E-state index in [1.165, 1.54) is 0 Å². The van der Waals surface area contributed by atoms with Gasteiger partial charge in [0.1, 0.15) is 0 Å². The molecule has 0 radical (unpaired) electrons. The first-order chi connectivity index (χ1) is 8.48. The Kier molecular flexibility index (Phi) is 2.16. The number of allylic oxidation sites excluding steroid dienone is 3. The summed E-state index contributed by atoms with van der Waals surface area (Å²) in [6, 6.07) is 7.69. The van der Waals surface area contributed by atoms with E-state index in [4.69, 9.17) is 5.73 Å². The van der Waals surface area contributed by atoms with Gasteiger partial charge in [0.25, 0.3) is 0 Å². The van der Waals surface area contributed by atoms with E-state index in [0.717, 1.165) is 16.3 Å². The number of nitrogens with zero attached hydrogens (tertiary/aromatic N) is 1. The van der Waals surface area contributed by atoms with Crippen molar-refractivity contribution in [2.75, 3.05) is 0 Å². The van der Waals surface area contributed by atoms with E-state index in [1.807, 2.05) is 44.2 Å². The van der Waals surface area contributed by atoms with Crippen molar-refractivity contribution in [2.45, 2.75) is 19.4 Å². The van der Waals surface area contributed by atoms with E-state index >= 15 is 0 Å². The molecule has 0 saturated heterocycles. The smallest absolute Gasteiger partial charge is 0.193 e. The van der Waals surface area contributed by atoms with Crippen LogP contribution in [0.2, 0.25) is 0 Å². The maximum Gasteiger partial charge on any atom is 0.193 e. The molecule has 1 aliphatic heterocycles. The molecule has 1 heterocycles. The second-order valence-electron chi connectivity index (χ2n) is 5.19. The maximum atomic E-state index is 12.5. The van der Waals surface area contributed by atoms with Crippen molar-refractivity contribution in [1.82, 2.24) is 0 Å². The minimum absolute atomic E-state index is 0.00583. The van der Waals surface area contributed by atoms with Gasteiger partial charge in [0.2, 0.25) is 0 Å². The second-order valence-corrected chi connectivity index (χ2v) is 5.19. The Labute approximate surface area is 105 Å². The summed E-state index contributed by atoms with van der Waals surface area (Å²) < 4.78 is 0. The molecule has 0 atom stereocenters. The van der Waals surface area contributed by atoms with Crippen molar-refractivity contribution in [1.29, 1.82) is 0 Å². The molecule has 3 heteroatoms. The molecule has 3 nitrogen and oxygen atoms in total. The fraction of sp³-hybridized carbons (Fsp3) is 0.200. The van der Waals surface area contributed by atoms with Crippen LogP contribution in [-0.4, -0.2) is 11.3 Å². The summed E-state index contributed by atoms with van der Waals surface area (Å²) in [7, 11) is 0. The van der Waals surface area contributed by atoms with Crippen LogP contribution in [0.3, 0.4) is 0 Å². The van der Waals surface area contributed by atoms with Crippen LogP contribution in [0, 0.1) is 0 Å². The Balaban J connectivity index is 2.29. The summed E-state index contributed by atoms with van der Waals surface area (Å²) in [5.41, 5.74) is 7.47. The van der Waals surface area contributed by atoms with E-state index in [2.05, 4.69) is 4.99 Å². The predicted molar refractivity (Wildman–Crippen MR) is 70.1 cm³/mol. The topological polar surface area (TPSA) is 55.4 Å². The number of carbonyl (C=O) groups is 1. The number of para-hydroxylation sites is 1. The molecule has 1 aliphatic carbocycles. The van der Waals surface area contributed by atoms with Gasteiger partial charge in [0.05, 0.1) is 16.6 Å². The number of fused-ring (bicyclic) bond motifs is 2. The number of ketones is 1. The Morgan fingerprint density at radius 2 is 1.89 bits per heavy atom. The Morgan fingerprint density at radius 1 is 1.17 bits per heavy atom. The highest BCUT2D eigenvalue weighted by Crippen LogP contribution is 2.28. The molecule has 0 amide bonds. The van der Waals surface area contributed by atoms with Crippen LogP contribution in [0.4, 0.5) is 0 Å². The molecule has 0 spiro atoms. The number of nitrogens with two attached hydrogens (primary N) is 1. The maximum absolute atomic E-state index is 12.5. The van der Waals surface area contributed by atoms with Crippen LogP contribution >= 0.6 is 0 Å². The first kappa shape index (κ1) is 11.1. The molecule has 0 aromatic heterocycles. The molecule has 2 aliphatic rings. The highest BCUT2D eigenvalue weighted by Gasteiger charge is 2.32. The molecule has 0 fully saturated rings. The van der Waals surface area contributed by atoms with Crippen molar-refractivity contribution in [3.05, 3.63) is 58.3 Å². The van der Waals surface area contributed by atoms with Gasteiger partial charge in [-0.05, 0) is 26.0 Å². The van der Waals surface area contributed by atoms with Gasteiger partial charge in [-0.1, -0.05) is 24.3 Å². The van der Waals surface area contributed by atoms with Crippen molar-refractivity contribution >= 4 is 11.4 Å². The minimum Gasteiger partial charge on any atom is -0.322 e. The summed E-state index contributed by atoms with van der Waals surface area (Å²) in [4.78, 5) is 17.0. The lowest BCUT2D eigenvalue weighted by atomic mass is 9.84. The van der Waals surface area contributed by atoms with Gasteiger partial charge in [0.15, 0.2) is 5.78 Å². The van der Waals surface area contributed by atoms with E-state index in [9.17, 15) is 4.79 Å². The second kappa shape index (κ2) is 3.50. The number of carbonyl (C=O) groups excluding carboxylic acids is 1. The van der Waals surface area contributed by atoms with Crippen molar-refractivity contribution in [2.24, 2.45) is 10.7 Å². The molecule has 2 N–H and O–H groups in total. The number of benzene rings is 1. The molecule has 1 aromatic carbocycles. The molecule has 0 unspecified atom stereocenters. The number of Topliss-reactive ketones (excluding diaryl/α,β-unsaturated/α-hetero) is 1. The predicted octanol–water partition coefficient (Wildman–Crippen LogP) is 0.601. The molecular formula is C15H14N2O. The highest BCUT2D eigenvalue weighted by molar-refractivity contribution is 6.30. The van der Waals surface area contributed by atoms with Gasteiger partial charge in [-0.15, -0.1) is 0 Å². The van der Waals surface area contributed by atoms with Crippen LogP contribution in [0.1, 0.15) is 13.8 Å². The summed E-state index contributed by atoms with van der Waals surface area (Å²) >= 11 is 0. The van der Waals surface area contributed by atoms with Gasteiger partial charge >= 0.3 is 0 Å². The zero-order chi connectivity index (χ0) is 12.9. The lowest BCUT2D eigenvalue weighted by Crippen LogP contribution is -2.39. The van der Waals surface area contributed by atoms with Crippen LogP contribution in [-0.2, 0) is 4.79 Å². The lowest BCUT2D eigenvalue weighted by Gasteiger charge is -2.24. The van der Waals surface area contributed by atoms with Gasteiger partial charge < -0.3 is 5.73 Å². The van der Waals surface area contributed by atoms with Gasteiger partial charge in [-0.3, -0.25) is 4.79 Å². The average Bonchev–Trinajstić information content (AvgIpc) is 2.66. The third kappa shape index (κ3) is 1.48. The zero-order valence-corrected chi connectivity index (χ0v) is 10.4. The van der Waals surface area contributed by atoms with Crippen LogP contribution in [0.15, 0.2) is 52.7 Å². The van der Waals surface area contributed by atoms with E-state index in [1.54, 1.807) is 6.08 Å². The van der Waals surface area contributed by atoms with Crippen LogP contribution in [0.25, 0.3) is 5.57 Å². The molecule has 3 rings (SSSR count). The van der Waals surface area contributed by atoms with Gasteiger partial charge in [0, 0.05) is 16.3 Å². The number of hydrogen-bond acceptors (Lipinski definition) is 3. The van der Waals surface area contributed by atoms with Crippen molar-refractivity contribution in [3.63, 3.8) is 0 Å². The van der Waals surface area contributed by atoms with Crippen molar-refractivity contribution < 1.29 is 4.79 Å². The Bertz CT molecular complexity index is 730. The number of hydrogen-bond donors (Lipinski definition) is 1. The SMILES string of the molecule is CC(C)(N)C1=CC=C2N=c3ccccc3=C2C1=O. The third-order valence-corrected chi connectivity index (χ3v) is 3.24. The Hall–Kier alpha value is -2.00.